The fraction of sp³-hybridized carbons (Fsp3) is 0.714. The van der Waals surface area contributed by atoms with Crippen LogP contribution in [-0.2, 0) is 12.2 Å². The van der Waals surface area contributed by atoms with Crippen LogP contribution in [0.3, 0.4) is 0 Å². The van der Waals surface area contributed by atoms with E-state index < -0.39 is 0 Å². The minimum absolute atomic E-state index is 0.0523. The van der Waals surface area contributed by atoms with Crippen LogP contribution in [0.4, 0.5) is 5.82 Å². The van der Waals surface area contributed by atoms with Gasteiger partial charge in [-0.05, 0) is 25.7 Å². The molecule has 0 aromatic carbocycles. The Morgan fingerprint density at radius 1 is 1.21 bits per heavy atom. The first-order chi connectivity index (χ1) is 9.33. The maximum atomic E-state index is 12.0. The molecule has 1 saturated carbocycles. The van der Waals surface area contributed by atoms with Crippen LogP contribution in [0.25, 0.3) is 0 Å². The van der Waals surface area contributed by atoms with Crippen molar-refractivity contribution in [2.45, 2.75) is 55.9 Å². The molecule has 1 aliphatic heterocycles. The number of aromatic nitrogens is 2. The maximum Gasteiger partial charge on any atom is 0.256 e. The van der Waals surface area contributed by atoms with Crippen LogP contribution in [0.2, 0.25) is 0 Å². The quantitative estimate of drug-likeness (QED) is 0.893. The molecule has 0 bridgehead atoms. The zero-order chi connectivity index (χ0) is 13.1. The second-order valence-electron chi connectivity index (χ2n) is 5.44. The lowest BCUT2D eigenvalue weighted by Crippen LogP contribution is -2.25. The van der Waals surface area contributed by atoms with Gasteiger partial charge in [0.1, 0.15) is 11.6 Å². The molecule has 0 saturated heterocycles. The molecule has 0 unspecified atom stereocenters. The van der Waals surface area contributed by atoms with Crippen LogP contribution in [0.5, 0.6) is 0 Å². The number of fused-ring (bicyclic) bond motifs is 1. The second-order valence-corrected chi connectivity index (χ2v) is 6.73. The molecule has 4 nitrogen and oxygen atoms in total. The molecule has 5 heteroatoms. The number of H-pyrrole nitrogens is 1. The predicted octanol–water partition coefficient (Wildman–Crippen LogP) is 2.69. The van der Waals surface area contributed by atoms with Crippen molar-refractivity contribution >= 4 is 17.6 Å². The maximum absolute atomic E-state index is 12.0. The number of aromatic amines is 1. The van der Waals surface area contributed by atoms with Gasteiger partial charge in [-0.1, -0.05) is 19.3 Å². The van der Waals surface area contributed by atoms with E-state index in [9.17, 15) is 4.79 Å². The number of hydrogen-bond donors (Lipinski definition) is 2. The Kier molecular flexibility index (Phi) is 4.11. The zero-order valence-electron chi connectivity index (χ0n) is 11.2. The van der Waals surface area contributed by atoms with E-state index in [0.29, 0.717) is 0 Å². The van der Waals surface area contributed by atoms with Crippen molar-refractivity contribution in [1.82, 2.24) is 9.97 Å². The fourth-order valence-corrected chi connectivity index (χ4v) is 4.09. The summed E-state index contributed by atoms with van der Waals surface area (Å²) in [5.74, 6) is 2.47. The molecule has 2 aliphatic rings. The molecular formula is C14H21N3OS. The van der Waals surface area contributed by atoms with Gasteiger partial charge in [-0.25, -0.2) is 4.98 Å². The average Bonchev–Trinajstić information content (AvgIpc) is 2.46. The summed E-state index contributed by atoms with van der Waals surface area (Å²) in [6.07, 6.45) is 8.60. The third kappa shape index (κ3) is 3.14. The van der Waals surface area contributed by atoms with Gasteiger partial charge in [0.25, 0.3) is 5.56 Å². The first-order valence-corrected chi connectivity index (χ1v) is 8.35. The largest absolute Gasteiger partial charge is 0.370 e. The molecule has 1 aliphatic carbocycles. The minimum atomic E-state index is 0.0523. The Morgan fingerprint density at radius 2 is 2.05 bits per heavy atom. The topological polar surface area (TPSA) is 57.8 Å². The van der Waals surface area contributed by atoms with Crippen molar-refractivity contribution < 1.29 is 0 Å². The monoisotopic (exact) mass is 279 g/mol. The van der Waals surface area contributed by atoms with Crippen molar-refractivity contribution in [2.24, 2.45) is 0 Å². The third-order valence-corrected chi connectivity index (χ3v) is 5.35. The van der Waals surface area contributed by atoms with Crippen LogP contribution in [0, 0.1) is 0 Å². The van der Waals surface area contributed by atoms with Crippen molar-refractivity contribution in [3.63, 3.8) is 0 Å². The molecule has 2 heterocycles. The number of thioether (sulfide) groups is 1. The van der Waals surface area contributed by atoms with Crippen molar-refractivity contribution in [3.8, 4) is 0 Å². The van der Waals surface area contributed by atoms with Crippen molar-refractivity contribution in [3.05, 3.63) is 21.7 Å². The van der Waals surface area contributed by atoms with Gasteiger partial charge in [0.15, 0.2) is 0 Å². The molecule has 1 aromatic heterocycles. The van der Waals surface area contributed by atoms with E-state index in [1.54, 1.807) is 0 Å². The van der Waals surface area contributed by atoms with E-state index in [4.69, 9.17) is 0 Å². The number of anilines is 1. The Labute approximate surface area is 117 Å². The van der Waals surface area contributed by atoms with Gasteiger partial charge in [0.2, 0.25) is 0 Å². The first-order valence-electron chi connectivity index (χ1n) is 7.30. The molecule has 3 rings (SSSR count). The zero-order valence-corrected chi connectivity index (χ0v) is 12.0. The second kappa shape index (κ2) is 5.99. The molecule has 0 spiro atoms. The normalized spacial score (nSPS) is 19.8. The summed E-state index contributed by atoms with van der Waals surface area (Å²) < 4.78 is 0. The van der Waals surface area contributed by atoms with E-state index in [1.807, 2.05) is 11.8 Å². The molecule has 104 valence electrons. The number of nitrogens with one attached hydrogen (secondary N) is 2. The third-order valence-electron chi connectivity index (χ3n) is 3.97. The van der Waals surface area contributed by atoms with Crippen LogP contribution in [0.1, 0.15) is 49.9 Å². The van der Waals surface area contributed by atoms with E-state index in [0.717, 1.165) is 47.6 Å². The van der Waals surface area contributed by atoms with E-state index in [2.05, 4.69) is 15.3 Å². The average molecular weight is 279 g/mol. The molecule has 19 heavy (non-hydrogen) atoms. The lowest BCUT2D eigenvalue weighted by molar-refractivity contribution is 0.516. The van der Waals surface area contributed by atoms with Gasteiger partial charge >= 0.3 is 0 Å². The highest BCUT2D eigenvalue weighted by molar-refractivity contribution is 7.99. The van der Waals surface area contributed by atoms with Crippen molar-refractivity contribution in [1.29, 1.82) is 0 Å². The molecule has 2 N–H and O–H groups in total. The Bertz CT molecular complexity index is 494. The highest BCUT2D eigenvalue weighted by Gasteiger charge is 2.17. The summed E-state index contributed by atoms with van der Waals surface area (Å²) in [5, 5.41) is 3.99. The first kappa shape index (κ1) is 13.0. The molecule has 1 aromatic rings. The standard InChI is InChI=1S/C14H21N3OS/c18-14-11-7-4-8-15-13(11)16-12(17-14)9-19-10-5-2-1-3-6-10/h10H,1-9H2,(H2,15,16,17,18). The Hall–Kier alpha value is -0.970. The Morgan fingerprint density at radius 3 is 2.89 bits per heavy atom. The van der Waals surface area contributed by atoms with Gasteiger partial charge in [-0.2, -0.15) is 11.8 Å². The van der Waals surface area contributed by atoms with Gasteiger partial charge in [-0.15, -0.1) is 0 Å². The highest BCUT2D eigenvalue weighted by atomic mass is 32.2. The summed E-state index contributed by atoms with van der Waals surface area (Å²) in [6, 6.07) is 0. The molecule has 0 radical (unpaired) electrons. The summed E-state index contributed by atoms with van der Waals surface area (Å²) in [6.45, 7) is 0.929. The molecule has 0 atom stereocenters. The minimum Gasteiger partial charge on any atom is -0.370 e. The highest BCUT2D eigenvalue weighted by Crippen LogP contribution is 2.30. The van der Waals surface area contributed by atoms with E-state index in [-0.39, 0.29) is 5.56 Å². The van der Waals surface area contributed by atoms with Crippen LogP contribution in [0.15, 0.2) is 4.79 Å². The van der Waals surface area contributed by atoms with E-state index >= 15 is 0 Å². The van der Waals surface area contributed by atoms with Gasteiger partial charge < -0.3 is 10.3 Å². The molecule has 1 fully saturated rings. The fourth-order valence-electron chi connectivity index (χ4n) is 2.89. The van der Waals surface area contributed by atoms with Crippen molar-refractivity contribution in [2.75, 3.05) is 11.9 Å². The number of rotatable bonds is 3. The summed E-state index contributed by atoms with van der Waals surface area (Å²) in [4.78, 5) is 19.5. The lowest BCUT2D eigenvalue weighted by atomic mass is 10.0. The summed E-state index contributed by atoms with van der Waals surface area (Å²) in [5.41, 5.74) is 0.883. The van der Waals surface area contributed by atoms with Crippen LogP contribution >= 0.6 is 11.8 Å². The number of hydrogen-bond acceptors (Lipinski definition) is 4. The lowest BCUT2D eigenvalue weighted by Gasteiger charge is -2.21. The summed E-state index contributed by atoms with van der Waals surface area (Å²) >= 11 is 1.95. The van der Waals surface area contributed by atoms with Gasteiger partial charge in [0.05, 0.1) is 11.3 Å². The smallest absolute Gasteiger partial charge is 0.256 e. The SMILES string of the molecule is O=c1[nH]c(CSC2CCCCC2)nc2c1CCCN2. The molecular weight excluding hydrogens is 258 g/mol. The van der Waals surface area contributed by atoms with Gasteiger partial charge in [0, 0.05) is 11.8 Å². The predicted molar refractivity (Wildman–Crippen MR) is 79.8 cm³/mol. The van der Waals surface area contributed by atoms with Crippen LogP contribution in [-0.4, -0.2) is 21.8 Å². The molecule has 0 amide bonds. The summed E-state index contributed by atoms with van der Waals surface area (Å²) in [7, 11) is 0. The van der Waals surface area contributed by atoms with Crippen LogP contribution < -0.4 is 10.9 Å². The Balaban J connectivity index is 1.67. The number of nitrogens with zero attached hydrogens (tertiary/aromatic N) is 1. The van der Waals surface area contributed by atoms with Gasteiger partial charge in [-0.3, -0.25) is 4.79 Å². The van der Waals surface area contributed by atoms with E-state index in [1.165, 1.54) is 32.1 Å².